The second-order valence-electron chi connectivity index (χ2n) is 4.45. The quantitative estimate of drug-likeness (QED) is 0.757. The molecule has 1 aromatic heterocycles. The van der Waals surface area contributed by atoms with Gasteiger partial charge in [0.2, 0.25) is 0 Å². The second-order valence-corrected chi connectivity index (χ2v) is 4.45. The molecule has 0 bridgehead atoms. The lowest BCUT2D eigenvalue weighted by Gasteiger charge is -2.29. The van der Waals surface area contributed by atoms with Crippen LogP contribution in [0.1, 0.15) is 13.8 Å². The molecule has 0 radical (unpaired) electrons. The van der Waals surface area contributed by atoms with Crippen molar-refractivity contribution in [1.29, 1.82) is 0 Å². The van der Waals surface area contributed by atoms with Crippen molar-refractivity contribution in [3.8, 4) is 0 Å². The molecule has 0 aliphatic carbocycles. The van der Waals surface area contributed by atoms with Crippen LogP contribution in [0.5, 0.6) is 0 Å². The van der Waals surface area contributed by atoms with Crippen LogP contribution in [0.3, 0.4) is 0 Å². The van der Waals surface area contributed by atoms with Gasteiger partial charge >= 0.3 is 0 Å². The summed E-state index contributed by atoms with van der Waals surface area (Å²) in [5.41, 5.74) is 4.52. The summed E-state index contributed by atoms with van der Waals surface area (Å²) in [7, 11) is 2.08. The number of rotatable bonds is 3. The Morgan fingerprint density at radius 1 is 1.33 bits per heavy atom. The van der Waals surface area contributed by atoms with Crippen LogP contribution >= 0.6 is 0 Å². The Morgan fingerprint density at radius 3 is 2.67 bits per heavy atom. The van der Waals surface area contributed by atoms with Crippen molar-refractivity contribution in [2.75, 3.05) is 16.8 Å². The van der Waals surface area contributed by atoms with Crippen molar-refractivity contribution < 1.29 is 0 Å². The molecule has 94 valence electrons. The molecule has 1 atom stereocenters. The molecule has 0 spiro atoms. The van der Waals surface area contributed by atoms with Gasteiger partial charge in [-0.15, -0.1) is 0 Å². The van der Waals surface area contributed by atoms with Crippen LogP contribution in [-0.2, 0) is 0 Å². The first-order valence-electron chi connectivity index (χ1n) is 6.03. The van der Waals surface area contributed by atoms with E-state index in [4.69, 9.17) is 0 Å². The van der Waals surface area contributed by atoms with E-state index < -0.39 is 0 Å². The third kappa shape index (κ3) is 1.72. The molecule has 0 fully saturated rings. The van der Waals surface area contributed by atoms with Gasteiger partial charge in [0.25, 0.3) is 0 Å². The fraction of sp³-hybridized carbons (Fsp3) is 0.267. The maximum absolute atomic E-state index is 4.20. The molecule has 3 heteroatoms. The first kappa shape index (κ1) is 12.4. The number of aromatic nitrogens is 1. The Morgan fingerprint density at radius 2 is 2.06 bits per heavy atom. The zero-order valence-electron chi connectivity index (χ0n) is 11.2. The summed E-state index contributed by atoms with van der Waals surface area (Å²) in [6, 6.07) is 2.04. The lowest BCUT2D eigenvalue weighted by atomic mass is 10.2. The predicted molar refractivity (Wildman–Crippen MR) is 77.7 cm³/mol. The van der Waals surface area contributed by atoms with Crippen molar-refractivity contribution in [3.63, 3.8) is 0 Å². The van der Waals surface area contributed by atoms with E-state index in [1.807, 2.05) is 30.6 Å². The minimum Gasteiger partial charge on any atom is -0.351 e. The van der Waals surface area contributed by atoms with Gasteiger partial charge in [-0.3, -0.25) is 4.98 Å². The Balaban J connectivity index is 2.59. The van der Waals surface area contributed by atoms with Gasteiger partial charge in [-0.1, -0.05) is 19.2 Å². The van der Waals surface area contributed by atoms with E-state index in [9.17, 15) is 0 Å². The van der Waals surface area contributed by atoms with Crippen molar-refractivity contribution in [1.82, 2.24) is 4.98 Å². The van der Waals surface area contributed by atoms with Gasteiger partial charge in [-0.05, 0) is 31.6 Å². The molecule has 2 heterocycles. The van der Waals surface area contributed by atoms with Gasteiger partial charge in [0.05, 0.1) is 17.6 Å². The van der Waals surface area contributed by atoms with E-state index in [1.54, 1.807) is 0 Å². The third-order valence-corrected chi connectivity index (χ3v) is 3.51. The van der Waals surface area contributed by atoms with Gasteiger partial charge in [-0.2, -0.15) is 0 Å². The third-order valence-electron chi connectivity index (χ3n) is 3.51. The molecule has 0 aromatic carbocycles. The predicted octanol–water partition coefficient (Wildman–Crippen LogP) is 3.33. The number of pyridine rings is 1. The fourth-order valence-electron chi connectivity index (χ4n) is 2.31. The highest BCUT2D eigenvalue weighted by atomic mass is 15.4. The van der Waals surface area contributed by atoms with Crippen LogP contribution in [0.25, 0.3) is 0 Å². The summed E-state index contributed by atoms with van der Waals surface area (Å²) in [5, 5.41) is 0. The van der Waals surface area contributed by atoms with E-state index in [0.717, 1.165) is 22.6 Å². The largest absolute Gasteiger partial charge is 0.351 e. The van der Waals surface area contributed by atoms with Crippen LogP contribution in [0, 0.1) is 0 Å². The minimum atomic E-state index is 0.243. The number of hydrogen-bond acceptors (Lipinski definition) is 3. The van der Waals surface area contributed by atoms with Crippen molar-refractivity contribution >= 4 is 11.4 Å². The number of allylic oxidation sites excluding steroid dienone is 3. The van der Waals surface area contributed by atoms with Gasteiger partial charge in [-0.25, -0.2) is 0 Å². The average Bonchev–Trinajstić information content (AvgIpc) is 2.65. The first-order chi connectivity index (χ1) is 8.61. The van der Waals surface area contributed by atoms with E-state index in [0.29, 0.717) is 0 Å². The Labute approximate surface area is 109 Å². The SMILES string of the molecule is C=C/C(C)=C(\C=C)N1c2ccncc2N(C)[C@@H]1C. The number of fused-ring (bicyclic) bond motifs is 1. The highest BCUT2D eigenvalue weighted by Gasteiger charge is 2.32. The molecule has 0 unspecified atom stereocenters. The molecule has 1 aliphatic heterocycles. The monoisotopic (exact) mass is 241 g/mol. The summed E-state index contributed by atoms with van der Waals surface area (Å²) in [4.78, 5) is 8.67. The van der Waals surface area contributed by atoms with Gasteiger partial charge in [0, 0.05) is 18.9 Å². The Bertz CT molecular complexity index is 516. The van der Waals surface area contributed by atoms with E-state index in [1.165, 1.54) is 0 Å². The number of anilines is 2. The van der Waals surface area contributed by atoms with E-state index in [-0.39, 0.29) is 6.17 Å². The lowest BCUT2D eigenvalue weighted by Crippen LogP contribution is -2.38. The first-order valence-corrected chi connectivity index (χ1v) is 6.03. The lowest BCUT2D eigenvalue weighted by molar-refractivity contribution is 0.714. The molecule has 0 amide bonds. The molecular weight excluding hydrogens is 222 g/mol. The van der Waals surface area contributed by atoms with Gasteiger partial charge in [0.15, 0.2) is 0 Å². The molecule has 1 aromatic rings. The molecule has 2 rings (SSSR count). The van der Waals surface area contributed by atoms with E-state index in [2.05, 4.69) is 48.8 Å². The smallest absolute Gasteiger partial charge is 0.103 e. The zero-order chi connectivity index (χ0) is 13.3. The van der Waals surface area contributed by atoms with Crippen molar-refractivity contribution in [3.05, 3.63) is 55.0 Å². The highest BCUT2D eigenvalue weighted by molar-refractivity contribution is 5.79. The van der Waals surface area contributed by atoms with Crippen molar-refractivity contribution in [2.45, 2.75) is 20.0 Å². The van der Waals surface area contributed by atoms with Crippen LogP contribution in [0.2, 0.25) is 0 Å². The molecule has 0 saturated carbocycles. The summed E-state index contributed by atoms with van der Waals surface area (Å²) >= 11 is 0. The summed E-state index contributed by atoms with van der Waals surface area (Å²) in [5.74, 6) is 0. The molecule has 3 nitrogen and oxygen atoms in total. The molecule has 18 heavy (non-hydrogen) atoms. The van der Waals surface area contributed by atoms with Crippen LogP contribution in [0.15, 0.2) is 55.0 Å². The Kier molecular flexibility index (Phi) is 3.24. The topological polar surface area (TPSA) is 19.4 Å². The van der Waals surface area contributed by atoms with Crippen LogP contribution in [0.4, 0.5) is 11.4 Å². The minimum absolute atomic E-state index is 0.243. The second kappa shape index (κ2) is 4.69. The van der Waals surface area contributed by atoms with Gasteiger partial charge in [0.1, 0.15) is 6.17 Å². The van der Waals surface area contributed by atoms with Crippen LogP contribution in [-0.4, -0.2) is 18.2 Å². The van der Waals surface area contributed by atoms with Crippen LogP contribution < -0.4 is 9.80 Å². The van der Waals surface area contributed by atoms with E-state index >= 15 is 0 Å². The fourth-order valence-corrected chi connectivity index (χ4v) is 2.31. The summed E-state index contributed by atoms with van der Waals surface area (Å²) in [6.45, 7) is 12.0. The molecular formula is C15H19N3. The molecule has 0 N–H and O–H groups in total. The maximum atomic E-state index is 4.20. The van der Waals surface area contributed by atoms with Crippen molar-refractivity contribution in [2.24, 2.45) is 0 Å². The summed E-state index contributed by atoms with van der Waals surface area (Å²) in [6.07, 6.45) is 7.71. The molecule has 0 saturated heterocycles. The Hall–Kier alpha value is -2.03. The standard InChI is InChI=1S/C15H19N3/c1-6-11(3)13(7-2)18-12(4)17(5)15-10-16-9-8-14(15)18/h6-10,12H,1-2H2,3-5H3/b13-11+/t12-/m0/s1. The molecule has 1 aliphatic rings. The zero-order valence-corrected chi connectivity index (χ0v) is 11.2. The number of hydrogen-bond donors (Lipinski definition) is 0. The summed E-state index contributed by atoms with van der Waals surface area (Å²) < 4.78 is 0. The normalized spacial score (nSPS) is 19.4. The van der Waals surface area contributed by atoms with Gasteiger partial charge < -0.3 is 9.80 Å². The highest BCUT2D eigenvalue weighted by Crippen LogP contribution is 2.40. The number of nitrogens with zero attached hydrogens (tertiary/aromatic N) is 3. The maximum Gasteiger partial charge on any atom is 0.103 e. The average molecular weight is 241 g/mol.